The van der Waals surface area contributed by atoms with E-state index in [1.807, 2.05) is 0 Å². The molecular formula is C26H29F2N3O2. The summed E-state index contributed by atoms with van der Waals surface area (Å²) >= 11 is 0. The second-order valence-electron chi connectivity index (χ2n) is 9.25. The third-order valence-electron chi connectivity index (χ3n) is 6.42. The van der Waals surface area contributed by atoms with Crippen LogP contribution in [0.15, 0.2) is 36.5 Å². The number of benzene rings is 2. The number of pyridine rings is 1. The highest BCUT2D eigenvalue weighted by Crippen LogP contribution is 2.35. The Kier molecular flexibility index (Phi) is 6.61. The molecule has 4 rings (SSSR count). The Balaban J connectivity index is 1.71. The van der Waals surface area contributed by atoms with E-state index in [1.54, 1.807) is 24.4 Å². The normalized spacial score (nSPS) is 18.6. The van der Waals surface area contributed by atoms with E-state index in [9.17, 15) is 18.7 Å². The van der Waals surface area contributed by atoms with Crippen molar-refractivity contribution < 1.29 is 18.7 Å². The smallest absolute Gasteiger partial charge is 0.187 e. The Morgan fingerprint density at radius 2 is 1.76 bits per heavy atom. The fourth-order valence-electron chi connectivity index (χ4n) is 4.74. The molecule has 0 radical (unpaired) electrons. The molecule has 1 aliphatic rings. The molecule has 33 heavy (non-hydrogen) atoms. The minimum atomic E-state index is -1.02. The summed E-state index contributed by atoms with van der Waals surface area (Å²) < 4.78 is 27.9. The molecule has 1 saturated carbocycles. The number of anilines is 1. The van der Waals surface area contributed by atoms with Crippen LogP contribution in [-0.4, -0.2) is 47.5 Å². The molecule has 1 aliphatic carbocycles. The lowest BCUT2D eigenvalue weighted by atomic mass is 9.85. The molecule has 3 aromatic rings. The van der Waals surface area contributed by atoms with E-state index >= 15 is 0 Å². The van der Waals surface area contributed by atoms with Gasteiger partial charge in [0.2, 0.25) is 0 Å². The summed E-state index contributed by atoms with van der Waals surface area (Å²) in [7, 11) is 4.19. The van der Waals surface area contributed by atoms with Gasteiger partial charge in [0.1, 0.15) is 0 Å². The largest absolute Gasteiger partial charge is 0.503 e. The first-order chi connectivity index (χ1) is 15.7. The molecule has 0 aliphatic heterocycles. The number of ketones is 1. The van der Waals surface area contributed by atoms with Crippen LogP contribution < -0.4 is 5.32 Å². The summed E-state index contributed by atoms with van der Waals surface area (Å²) in [5.41, 5.74) is 2.77. The maximum absolute atomic E-state index is 13.9. The number of carbonyl (C=O) groups excluding carboxylic acids is 1. The maximum atomic E-state index is 13.9. The van der Waals surface area contributed by atoms with E-state index in [0.29, 0.717) is 33.8 Å². The van der Waals surface area contributed by atoms with Crippen molar-refractivity contribution in [1.29, 1.82) is 0 Å². The lowest BCUT2D eigenvalue weighted by Crippen LogP contribution is -2.31. The minimum absolute atomic E-state index is 0.0969. The van der Waals surface area contributed by atoms with Crippen molar-refractivity contribution in [3.63, 3.8) is 0 Å². The molecule has 0 spiro atoms. The standard InChI is InChI=1S/C26H29F2N3O2/c1-15(32)21-13-29-24-9-6-17(18-11-22(27)26(33)23(28)12-18)10-20(24)25(21)30-19-7-4-16(5-8-19)14-31(2)3/h6,9-13,16,19,33H,4-5,7-8,14H2,1-3H3,(H,29,30)/t16-,19-. The zero-order valence-corrected chi connectivity index (χ0v) is 19.2. The van der Waals surface area contributed by atoms with Crippen LogP contribution in [-0.2, 0) is 0 Å². The Bertz CT molecular complexity index is 1160. The van der Waals surface area contributed by atoms with Crippen molar-refractivity contribution in [2.45, 2.75) is 38.6 Å². The summed E-state index contributed by atoms with van der Waals surface area (Å²) in [6.07, 6.45) is 5.84. The predicted octanol–water partition coefficient (Wildman–Crippen LogP) is 5.62. The predicted molar refractivity (Wildman–Crippen MR) is 127 cm³/mol. The number of nitrogens with one attached hydrogen (secondary N) is 1. The summed E-state index contributed by atoms with van der Waals surface area (Å²) in [5, 5.41) is 13.8. The summed E-state index contributed by atoms with van der Waals surface area (Å²) in [5.74, 6) is -2.46. The fourth-order valence-corrected chi connectivity index (χ4v) is 4.74. The van der Waals surface area contributed by atoms with Crippen molar-refractivity contribution in [3.05, 3.63) is 53.7 Å². The third kappa shape index (κ3) is 4.98. The molecule has 0 bridgehead atoms. The van der Waals surface area contributed by atoms with Gasteiger partial charge in [0.25, 0.3) is 0 Å². The number of hydrogen-bond acceptors (Lipinski definition) is 5. The van der Waals surface area contributed by atoms with Crippen LogP contribution in [0.3, 0.4) is 0 Å². The van der Waals surface area contributed by atoms with E-state index in [-0.39, 0.29) is 11.8 Å². The second-order valence-corrected chi connectivity index (χ2v) is 9.25. The molecule has 5 nitrogen and oxygen atoms in total. The average Bonchev–Trinajstić information content (AvgIpc) is 2.77. The molecule has 0 unspecified atom stereocenters. The highest BCUT2D eigenvalue weighted by Gasteiger charge is 2.24. The monoisotopic (exact) mass is 453 g/mol. The first kappa shape index (κ1) is 23.1. The molecule has 1 aromatic heterocycles. The van der Waals surface area contributed by atoms with Gasteiger partial charge in [-0.1, -0.05) is 6.07 Å². The van der Waals surface area contributed by atoms with Gasteiger partial charge in [-0.3, -0.25) is 9.78 Å². The number of phenols is 1. The number of Topliss-reactive ketones (excluding diaryl/α,β-unsaturated/α-hetero) is 1. The first-order valence-electron chi connectivity index (χ1n) is 11.3. The molecule has 7 heteroatoms. The third-order valence-corrected chi connectivity index (χ3v) is 6.42. The molecule has 174 valence electrons. The van der Waals surface area contributed by atoms with Gasteiger partial charge in [0.15, 0.2) is 23.2 Å². The topological polar surface area (TPSA) is 65.5 Å². The zero-order valence-electron chi connectivity index (χ0n) is 19.2. The number of aromatic nitrogens is 1. The van der Waals surface area contributed by atoms with Gasteiger partial charge >= 0.3 is 0 Å². The van der Waals surface area contributed by atoms with Crippen molar-refractivity contribution >= 4 is 22.4 Å². The molecular weight excluding hydrogens is 424 g/mol. The number of hydrogen-bond donors (Lipinski definition) is 2. The second kappa shape index (κ2) is 9.43. The van der Waals surface area contributed by atoms with E-state index in [2.05, 4.69) is 29.3 Å². The van der Waals surface area contributed by atoms with Crippen LogP contribution in [0.1, 0.15) is 43.0 Å². The number of phenolic OH excluding ortho intramolecular Hbond substituents is 1. The van der Waals surface area contributed by atoms with Crippen LogP contribution in [0, 0.1) is 17.6 Å². The molecule has 2 aromatic carbocycles. The van der Waals surface area contributed by atoms with Crippen molar-refractivity contribution in [2.75, 3.05) is 26.0 Å². The highest BCUT2D eigenvalue weighted by molar-refractivity contribution is 6.07. The van der Waals surface area contributed by atoms with Gasteiger partial charge in [-0.25, -0.2) is 8.78 Å². The Labute approximate surface area is 192 Å². The minimum Gasteiger partial charge on any atom is -0.503 e. The van der Waals surface area contributed by atoms with Gasteiger partial charge in [0.05, 0.1) is 16.8 Å². The average molecular weight is 454 g/mol. The van der Waals surface area contributed by atoms with E-state index < -0.39 is 17.4 Å². The number of fused-ring (bicyclic) bond motifs is 1. The Morgan fingerprint density at radius 1 is 1.09 bits per heavy atom. The van der Waals surface area contributed by atoms with E-state index in [1.165, 1.54) is 6.92 Å². The lowest BCUT2D eigenvalue weighted by molar-refractivity contribution is 0.101. The highest BCUT2D eigenvalue weighted by atomic mass is 19.1. The number of rotatable bonds is 6. The Morgan fingerprint density at radius 3 is 2.36 bits per heavy atom. The Hall–Kier alpha value is -3.06. The molecule has 2 N–H and O–H groups in total. The van der Waals surface area contributed by atoms with Gasteiger partial charge < -0.3 is 15.3 Å². The van der Waals surface area contributed by atoms with Crippen LogP contribution in [0.5, 0.6) is 5.75 Å². The van der Waals surface area contributed by atoms with Crippen LogP contribution in [0.25, 0.3) is 22.0 Å². The quantitative estimate of drug-likeness (QED) is 0.474. The van der Waals surface area contributed by atoms with Crippen molar-refractivity contribution in [1.82, 2.24) is 9.88 Å². The number of carbonyl (C=O) groups is 1. The fraction of sp³-hybridized carbons (Fsp3) is 0.385. The van der Waals surface area contributed by atoms with Gasteiger partial charge in [-0.2, -0.15) is 0 Å². The van der Waals surface area contributed by atoms with Crippen LogP contribution in [0.2, 0.25) is 0 Å². The van der Waals surface area contributed by atoms with Crippen LogP contribution in [0.4, 0.5) is 14.5 Å². The van der Waals surface area contributed by atoms with Gasteiger partial charge in [-0.15, -0.1) is 0 Å². The van der Waals surface area contributed by atoms with E-state index in [4.69, 9.17) is 0 Å². The number of nitrogens with zero attached hydrogens (tertiary/aromatic N) is 2. The lowest BCUT2D eigenvalue weighted by Gasteiger charge is -2.32. The first-order valence-corrected chi connectivity index (χ1v) is 11.3. The number of halogens is 2. The summed E-state index contributed by atoms with van der Waals surface area (Å²) in [4.78, 5) is 19.0. The molecule has 1 fully saturated rings. The van der Waals surface area contributed by atoms with Crippen molar-refractivity contribution in [3.8, 4) is 16.9 Å². The van der Waals surface area contributed by atoms with Gasteiger partial charge in [-0.05, 0) is 88.0 Å². The molecule has 0 amide bonds. The van der Waals surface area contributed by atoms with E-state index in [0.717, 1.165) is 49.7 Å². The van der Waals surface area contributed by atoms with Crippen LogP contribution >= 0.6 is 0 Å². The molecule has 0 saturated heterocycles. The SMILES string of the molecule is CC(=O)c1cnc2ccc(-c3cc(F)c(O)c(F)c3)cc2c1N[C@H]1CC[C@H](CN(C)C)CC1. The summed E-state index contributed by atoms with van der Waals surface area (Å²) in [6, 6.07) is 7.72. The molecule has 1 heterocycles. The summed E-state index contributed by atoms with van der Waals surface area (Å²) in [6.45, 7) is 2.59. The maximum Gasteiger partial charge on any atom is 0.187 e. The van der Waals surface area contributed by atoms with Gasteiger partial charge in [0, 0.05) is 24.2 Å². The zero-order chi connectivity index (χ0) is 23.7. The van der Waals surface area contributed by atoms with Crippen molar-refractivity contribution in [2.24, 2.45) is 5.92 Å². The molecule has 0 atom stereocenters. The number of aromatic hydroxyl groups is 1.